The van der Waals surface area contributed by atoms with Gasteiger partial charge < -0.3 is 0 Å². The molecule has 4 nitrogen and oxygen atoms in total. The maximum absolute atomic E-state index is 4.38. The van der Waals surface area contributed by atoms with Crippen LogP contribution in [0.4, 0.5) is 0 Å². The molecule has 0 amide bonds. The van der Waals surface area contributed by atoms with Gasteiger partial charge in [0.05, 0.1) is 24.2 Å². The van der Waals surface area contributed by atoms with Crippen molar-refractivity contribution in [3.63, 3.8) is 0 Å². The van der Waals surface area contributed by atoms with Gasteiger partial charge >= 0.3 is 0 Å². The summed E-state index contributed by atoms with van der Waals surface area (Å²) < 4.78 is 0. The molecule has 0 aromatic carbocycles. The lowest BCUT2D eigenvalue weighted by Gasteiger charge is -2.39. The van der Waals surface area contributed by atoms with Gasteiger partial charge in [-0.2, -0.15) is 20.5 Å². The first-order chi connectivity index (χ1) is 6.42. The third-order valence-corrected chi connectivity index (χ3v) is 4.21. The number of rotatable bonds is 0. The Hall–Kier alpha value is -0.800. The Morgan fingerprint density at radius 1 is 0.538 bits per heavy atom. The van der Waals surface area contributed by atoms with Gasteiger partial charge in [-0.05, 0) is 19.3 Å². The molecule has 2 unspecified atom stereocenters. The predicted molar refractivity (Wildman–Crippen MR) is 45.7 cm³/mol. The van der Waals surface area contributed by atoms with E-state index in [-0.39, 0.29) is 0 Å². The van der Waals surface area contributed by atoms with Crippen LogP contribution in [0, 0.1) is 11.8 Å². The van der Waals surface area contributed by atoms with E-state index in [1.54, 1.807) is 0 Å². The minimum Gasteiger partial charge on any atom is -0.190 e. The molecule has 0 saturated heterocycles. The van der Waals surface area contributed by atoms with Crippen LogP contribution >= 0.6 is 0 Å². The van der Waals surface area contributed by atoms with Crippen LogP contribution in [0.5, 0.6) is 0 Å². The molecule has 0 aromatic heterocycles. The van der Waals surface area contributed by atoms with Gasteiger partial charge in [-0.1, -0.05) is 0 Å². The molecule has 2 heterocycles. The minimum atomic E-state index is 0.490. The molecule has 0 N–H and O–H groups in total. The van der Waals surface area contributed by atoms with Crippen LogP contribution in [-0.4, -0.2) is 24.2 Å². The Labute approximate surface area is 76.5 Å². The molecule has 0 spiro atoms. The zero-order valence-electron chi connectivity index (χ0n) is 7.37. The minimum absolute atomic E-state index is 0.490. The molecule has 2 aliphatic carbocycles. The number of hydrogen-bond donors (Lipinski definition) is 0. The summed E-state index contributed by atoms with van der Waals surface area (Å²) >= 11 is 0. The third-order valence-electron chi connectivity index (χ3n) is 4.21. The van der Waals surface area contributed by atoms with Crippen LogP contribution in [-0.2, 0) is 0 Å². The van der Waals surface area contributed by atoms with Gasteiger partial charge in [0.25, 0.3) is 0 Å². The molecule has 0 radical (unpaired) electrons. The summed E-state index contributed by atoms with van der Waals surface area (Å²) in [6.45, 7) is 0. The van der Waals surface area contributed by atoms with Gasteiger partial charge in [0.1, 0.15) is 0 Å². The monoisotopic (exact) mass is 176 g/mol. The molecule has 4 heteroatoms. The quantitative estimate of drug-likeness (QED) is 0.540. The van der Waals surface area contributed by atoms with Gasteiger partial charge in [-0.3, -0.25) is 0 Å². The Morgan fingerprint density at radius 3 is 1.31 bits per heavy atom. The van der Waals surface area contributed by atoms with Gasteiger partial charge in [0, 0.05) is 11.8 Å². The van der Waals surface area contributed by atoms with Crippen molar-refractivity contribution in [1.29, 1.82) is 0 Å². The molecule has 0 aromatic rings. The van der Waals surface area contributed by atoms with Crippen LogP contribution in [0.2, 0.25) is 0 Å². The highest BCUT2D eigenvalue weighted by Crippen LogP contribution is 2.50. The van der Waals surface area contributed by atoms with E-state index in [1.807, 2.05) is 0 Å². The lowest BCUT2D eigenvalue weighted by molar-refractivity contribution is 0.152. The first-order valence-electron chi connectivity index (χ1n) is 5.22. The summed E-state index contributed by atoms with van der Waals surface area (Å²) in [6, 6.07) is 1.96. The summed E-state index contributed by atoms with van der Waals surface area (Å²) in [4.78, 5) is 0. The number of azo groups is 2. The summed E-state index contributed by atoms with van der Waals surface area (Å²) in [5.74, 6) is 1.50. The number of nitrogens with zero attached hydrogens (tertiary/aromatic N) is 4. The first-order valence-corrected chi connectivity index (χ1v) is 5.22. The first kappa shape index (κ1) is 6.62. The fourth-order valence-electron chi connectivity index (χ4n) is 3.52. The Kier molecular flexibility index (Phi) is 1.01. The summed E-state index contributed by atoms with van der Waals surface area (Å²) in [7, 11) is 0. The van der Waals surface area contributed by atoms with Crippen LogP contribution in [0.1, 0.15) is 19.3 Å². The highest BCUT2D eigenvalue weighted by molar-refractivity contribution is 5.09. The summed E-state index contributed by atoms with van der Waals surface area (Å²) in [6.07, 6.45) is 3.52. The molecule has 6 atom stereocenters. The molecule has 2 bridgehead atoms. The van der Waals surface area contributed by atoms with Crippen molar-refractivity contribution in [2.45, 2.75) is 43.4 Å². The van der Waals surface area contributed by atoms with E-state index < -0.39 is 0 Å². The Bertz CT molecular complexity index is 257. The van der Waals surface area contributed by atoms with Gasteiger partial charge in [0.2, 0.25) is 0 Å². The molecule has 2 fully saturated rings. The summed E-state index contributed by atoms with van der Waals surface area (Å²) in [5.41, 5.74) is 0. The van der Waals surface area contributed by atoms with Crippen molar-refractivity contribution in [2.75, 3.05) is 0 Å². The van der Waals surface area contributed by atoms with E-state index in [9.17, 15) is 0 Å². The topological polar surface area (TPSA) is 49.4 Å². The molecule has 13 heavy (non-hydrogen) atoms. The molecular formula is C9H12N4. The third kappa shape index (κ3) is 0.685. The van der Waals surface area contributed by atoms with E-state index >= 15 is 0 Å². The van der Waals surface area contributed by atoms with Gasteiger partial charge in [-0.15, -0.1) is 0 Å². The highest BCUT2D eigenvalue weighted by atomic mass is 15.3. The second kappa shape index (κ2) is 1.99. The fourth-order valence-corrected chi connectivity index (χ4v) is 3.52. The average Bonchev–Trinajstić information content (AvgIpc) is 2.75. The van der Waals surface area contributed by atoms with Crippen molar-refractivity contribution >= 4 is 0 Å². The smallest absolute Gasteiger partial charge is 0.0778 e. The standard InChI is InChI=1S/C9H12N4/c1-4-6-2-7-5(1)9(13-11-7)3-8(4)12-10-6/h4-9H,1-3H2/t4?,5?,6-,7-,8+,9+. The molecular weight excluding hydrogens is 164 g/mol. The van der Waals surface area contributed by atoms with Crippen molar-refractivity contribution in [2.24, 2.45) is 32.3 Å². The maximum Gasteiger partial charge on any atom is 0.0778 e. The SMILES string of the molecule is C1C2[C@@H]3C[C@@H]4N=N[C@H](C[C@H]2N=N3)C14. The van der Waals surface area contributed by atoms with E-state index in [4.69, 9.17) is 0 Å². The molecule has 68 valence electrons. The van der Waals surface area contributed by atoms with Crippen molar-refractivity contribution in [3.05, 3.63) is 0 Å². The van der Waals surface area contributed by atoms with E-state index in [1.165, 1.54) is 6.42 Å². The van der Waals surface area contributed by atoms with Gasteiger partial charge in [-0.25, -0.2) is 0 Å². The molecule has 2 saturated carbocycles. The summed E-state index contributed by atoms with van der Waals surface area (Å²) in [5, 5.41) is 17.5. The maximum atomic E-state index is 4.38. The largest absolute Gasteiger partial charge is 0.190 e. The number of hydrogen-bond acceptors (Lipinski definition) is 4. The van der Waals surface area contributed by atoms with Crippen LogP contribution in [0.15, 0.2) is 20.5 Å². The van der Waals surface area contributed by atoms with Crippen LogP contribution in [0.25, 0.3) is 0 Å². The normalized spacial score (nSPS) is 60.3. The molecule has 4 rings (SSSR count). The van der Waals surface area contributed by atoms with Crippen LogP contribution < -0.4 is 0 Å². The Balaban J connectivity index is 1.81. The van der Waals surface area contributed by atoms with E-state index in [2.05, 4.69) is 20.5 Å². The average molecular weight is 176 g/mol. The lowest BCUT2D eigenvalue weighted by Crippen LogP contribution is -2.46. The lowest BCUT2D eigenvalue weighted by atomic mass is 9.65. The van der Waals surface area contributed by atoms with E-state index in [0.717, 1.165) is 24.7 Å². The van der Waals surface area contributed by atoms with Crippen LogP contribution in [0.3, 0.4) is 0 Å². The Morgan fingerprint density at radius 2 is 0.923 bits per heavy atom. The van der Waals surface area contributed by atoms with Crippen molar-refractivity contribution < 1.29 is 0 Å². The van der Waals surface area contributed by atoms with E-state index in [0.29, 0.717) is 24.2 Å². The van der Waals surface area contributed by atoms with Gasteiger partial charge in [0.15, 0.2) is 0 Å². The zero-order chi connectivity index (χ0) is 8.41. The van der Waals surface area contributed by atoms with Crippen molar-refractivity contribution in [1.82, 2.24) is 0 Å². The highest BCUT2D eigenvalue weighted by Gasteiger charge is 2.53. The molecule has 2 aliphatic heterocycles. The predicted octanol–water partition coefficient (Wildman–Crippen LogP) is 1.82. The van der Waals surface area contributed by atoms with Crippen molar-refractivity contribution in [3.8, 4) is 0 Å². The molecule has 4 aliphatic rings. The zero-order valence-corrected chi connectivity index (χ0v) is 7.37. The second-order valence-corrected chi connectivity index (χ2v) is 4.77. The second-order valence-electron chi connectivity index (χ2n) is 4.77. The fraction of sp³-hybridized carbons (Fsp3) is 1.00.